The molecule has 2 fully saturated rings. The van der Waals surface area contributed by atoms with Crippen LogP contribution < -0.4 is 0 Å². The minimum atomic E-state index is -0.385. The van der Waals surface area contributed by atoms with E-state index in [4.69, 9.17) is 4.74 Å². The summed E-state index contributed by atoms with van der Waals surface area (Å²) in [5.74, 6) is 0.402. The average molecular weight is 343 g/mol. The van der Waals surface area contributed by atoms with Crippen molar-refractivity contribution in [2.24, 2.45) is 5.92 Å². The van der Waals surface area contributed by atoms with E-state index in [2.05, 4.69) is 29.2 Å². The number of ether oxygens (including phenoxy) is 1. The summed E-state index contributed by atoms with van der Waals surface area (Å²) in [4.78, 5) is 27.3. The van der Waals surface area contributed by atoms with E-state index in [9.17, 15) is 9.59 Å². The van der Waals surface area contributed by atoms with Gasteiger partial charge in [0.2, 0.25) is 0 Å². The van der Waals surface area contributed by atoms with Crippen molar-refractivity contribution in [3.05, 3.63) is 35.9 Å². The van der Waals surface area contributed by atoms with Gasteiger partial charge in [-0.2, -0.15) is 0 Å². The van der Waals surface area contributed by atoms with Crippen LogP contribution in [-0.2, 0) is 14.3 Å². The molecule has 1 aromatic carbocycles. The molecule has 25 heavy (non-hydrogen) atoms. The third-order valence-corrected chi connectivity index (χ3v) is 5.71. The van der Waals surface area contributed by atoms with E-state index >= 15 is 0 Å². The molecule has 1 saturated heterocycles. The highest BCUT2D eigenvalue weighted by Crippen LogP contribution is 2.33. The monoisotopic (exact) mass is 343 g/mol. The number of carbonyl (C=O) groups excluding carboxylic acids is 2. The first-order valence-corrected chi connectivity index (χ1v) is 9.69. The maximum Gasteiger partial charge on any atom is 0.324 e. The van der Waals surface area contributed by atoms with Crippen LogP contribution in [0.2, 0.25) is 0 Å². The van der Waals surface area contributed by atoms with Crippen LogP contribution in [-0.4, -0.2) is 42.4 Å². The lowest BCUT2D eigenvalue weighted by Gasteiger charge is -2.40. The SMILES string of the molecule is CCOC(=O)C(C1CCCCC1=O)N1CCC(c2ccccc2)CC1. The molecule has 1 aliphatic carbocycles. The minimum Gasteiger partial charge on any atom is -0.465 e. The molecule has 4 heteroatoms. The number of ketones is 1. The highest BCUT2D eigenvalue weighted by atomic mass is 16.5. The quantitative estimate of drug-likeness (QED) is 0.767. The zero-order chi connectivity index (χ0) is 17.6. The number of rotatable bonds is 5. The molecule has 1 aliphatic heterocycles. The first kappa shape index (κ1) is 18.1. The standard InChI is InChI=1S/C21H29NO3/c1-2-25-21(24)20(18-10-6-7-11-19(18)23)22-14-12-17(13-15-22)16-8-4-3-5-9-16/h3-5,8-9,17-18,20H,2,6-7,10-15H2,1H3. The molecular formula is C21H29NO3. The van der Waals surface area contributed by atoms with Crippen molar-refractivity contribution in [1.29, 1.82) is 0 Å². The Morgan fingerprint density at radius 3 is 2.52 bits per heavy atom. The van der Waals surface area contributed by atoms with Crippen LogP contribution in [0.4, 0.5) is 0 Å². The summed E-state index contributed by atoms with van der Waals surface area (Å²) in [6.07, 6.45) is 5.48. The van der Waals surface area contributed by atoms with Gasteiger partial charge in [0.1, 0.15) is 11.8 Å². The molecular weight excluding hydrogens is 314 g/mol. The van der Waals surface area contributed by atoms with E-state index in [1.807, 2.05) is 13.0 Å². The molecule has 0 amide bonds. The van der Waals surface area contributed by atoms with Crippen molar-refractivity contribution in [3.8, 4) is 0 Å². The van der Waals surface area contributed by atoms with Gasteiger partial charge < -0.3 is 4.74 Å². The molecule has 2 aliphatic rings. The summed E-state index contributed by atoms with van der Waals surface area (Å²) < 4.78 is 5.34. The predicted octanol–water partition coefficient (Wildman–Crippen LogP) is 3.56. The van der Waals surface area contributed by atoms with Gasteiger partial charge in [0.25, 0.3) is 0 Å². The van der Waals surface area contributed by atoms with Gasteiger partial charge in [-0.1, -0.05) is 36.8 Å². The summed E-state index contributed by atoms with van der Waals surface area (Å²) in [6, 6.07) is 10.2. The molecule has 0 aromatic heterocycles. The Morgan fingerprint density at radius 1 is 1.16 bits per heavy atom. The van der Waals surface area contributed by atoms with E-state index in [1.165, 1.54) is 5.56 Å². The number of carbonyl (C=O) groups is 2. The van der Waals surface area contributed by atoms with Gasteiger partial charge in [-0.3, -0.25) is 14.5 Å². The van der Waals surface area contributed by atoms with E-state index in [0.29, 0.717) is 18.9 Å². The first-order chi connectivity index (χ1) is 12.2. The fourth-order valence-corrected chi connectivity index (χ4v) is 4.38. The molecule has 1 heterocycles. The fraction of sp³-hybridized carbons (Fsp3) is 0.619. The maximum absolute atomic E-state index is 12.6. The van der Waals surface area contributed by atoms with Crippen molar-refractivity contribution in [2.75, 3.05) is 19.7 Å². The van der Waals surface area contributed by atoms with Gasteiger partial charge >= 0.3 is 5.97 Å². The average Bonchev–Trinajstić information content (AvgIpc) is 2.65. The third kappa shape index (κ3) is 4.30. The van der Waals surface area contributed by atoms with Crippen molar-refractivity contribution in [3.63, 3.8) is 0 Å². The third-order valence-electron chi connectivity index (χ3n) is 5.71. The number of hydrogen-bond acceptors (Lipinski definition) is 4. The zero-order valence-corrected chi connectivity index (χ0v) is 15.2. The molecule has 1 aromatic rings. The molecule has 2 unspecified atom stereocenters. The van der Waals surface area contributed by atoms with E-state index in [0.717, 1.165) is 45.2 Å². The smallest absolute Gasteiger partial charge is 0.324 e. The Bertz CT molecular complexity index is 578. The van der Waals surface area contributed by atoms with Crippen molar-refractivity contribution >= 4 is 11.8 Å². The second kappa shape index (κ2) is 8.61. The molecule has 0 radical (unpaired) electrons. The van der Waals surface area contributed by atoms with Crippen molar-refractivity contribution < 1.29 is 14.3 Å². The summed E-state index contributed by atoms with van der Waals surface area (Å²) in [6.45, 7) is 3.91. The van der Waals surface area contributed by atoms with Crippen LogP contribution in [0.15, 0.2) is 30.3 Å². The second-order valence-corrected chi connectivity index (χ2v) is 7.24. The van der Waals surface area contributed by atoms with Crippen molar-refractivity contribution in [2.45, 2.75) is 57.4 Å². The predicted molar refractivity (Wildman–Crippen MR) is 97.4 cm³/mol. The van der Waals surface area contributed by atoms with Crippen LogP contribution in [0.3, 0.4) is 0 Å². The number of Topliss-reactive ketones (excluding diaryl/α,β-unsaturated/α-hetero) is 1. The Labute approximate surface area is 150 Å². The van der Waals surface area contributed by atoms with Gasteiger partial charge in [0, 0.05) is 12.3 Å². The Morgan fingerprint density at radius 2 is 1.88 bits per heavy atom. The second-order valence-electron chi connectivity index (χ2n) is 7.24. The largest absolute Gasteiger partial charge is 0.465 e. The zero-order valence-electron chi connectivity index (χ0n) is 15.2. The number of nitrogens with zero attached hydrogens (tertiary/aromatic N) is 1. The van der Waals surface area contributed by atoms with Crippen LogP contribution in [0.25, 0.3) is 0 Å². The Balaban J connectivity index is 1.69. The topological polar surface area (TPSA) is 46.6 Å². The van der Waals surface area contributed by atoms with Crippen LogP contribution in [0, 0.1) is 5.92 Å². The summed E-state index contributed by atoms with van der Waals surface area (Å²) >= 11 is 0. The van der Waals surface area contributed by atoms with Crippen LogP contribution in [0.1, 0.15) is 56.9 Å². The summed E-state index contributed by atoms with van der Waals surface area (Å²) in [5, 5.41) is 0. The first-order valence-electron chi connectivity index (χ1n) is 9.69. The molecule has 0 spiro atoms. The van der Waals surface area contributed by atoms with Crippen LogP contribution in [0.5, 0.6) is 0 Å². The Kier molecular flexibility index (Phi) is 6.24. The number of piperidine rings is 1. The van der Waals surface area contributed by atoms with E-state index in [-0.39, 0.29) is 23.7 Å². The number of benzene rings is 1. The molecule has 1 saturated carbocycles. The number of likely N-dealkylation sites (tertiary alicyclic amines) is 1. The lowest BCUT2D eigenvalue weighted by atomic mass is 9.80. The molecule has 3 rings (SSSR count). The van der Waals surface area contributed by atoms with E-state index < -0.39 is 0 Å². The maximum atomic E-state index is 12.6. The van der Waals surface area contributed by atoms with Crippen LogP contribution >= 0.6 is 0 Å². The number of hydrogen-bond donors (Lipinski definition) is 0. The molecule has 136 valence electrons. The van der Waals surface area contributed by atoms with Gasteiger partial charge in [0.05, 0.1) is 6.61 Å². The van der Waals surface area contributed by atoms with E-state index in [1.54, 1.807) is 0 Å². The van der Waals surface area contributed by atoms with Gasteiger partial charge in [-0.25, -0.2) is 0 Å². The number of esters is 1. The summed E-state index contributed by atoms with van der Waals surface area (Å²) in [5.41, 5.74) is 1.38. The molecule has 0 N–H and O–H groups in total. The Hall–Kier alpha value is -1.68. The minimum absolute atomic E-state index is 0.180. The van der Waals surface area contributed by atoms with Gasteiger partial charge in [-0.15, -0.1) is 0 Å². The normalized spacial score (nSPS) is 24.0. The highest BCUT2D eigenvalue weighted by molar-refractivity contribution is 5.89. The fourth-order valence-electron chi connectivity index (χ4n) is 4.38. The van der Waals surface area contributed by atoms with Crippen molar-refractivity contribution in [1.82, 2.24) is 4.90 Å². The summed E-state index contributed by atoms with van der Waals surface area (Å²) in [7, 11) is 0. The lowest BCUT2D eigenvalue weighted by Crippen LogP contribution is -2.52. The molecule has 0 bridgehead atoms. The molecule has 4 nitrogen and oxygen atoms in total. The highest BCUT2D eigenvalue weighted by Gasteiger charge is 2.41. The molecule has 2 atom stereocenters. The van der Waals surface area contributed by atoms with Gasteiger partial charge in [0.15, 0.2) is 0 Å². The lowest BCUT2D eigenvalue weighted by molar-refractivity contribution is -0.155. The van der Waals surface area contributed by atoms with Gasteiger partial charge in [-0.05, 0) is 57.2 Å².